The third-order valence-corrected chi connectivity index (χ3v) is 7.34. The van der Waals surface area contributed by atoms with Crippen molar-refractivity contribution in [3.8, 4) is 5.75 Å². The van der Waals surface area contributed by atoms with E-state index in [1.807, 2.05) is 24.3 Å². The maximum atomic E-state index is 13.2. The molecule has 152 valence electrons. The van der Waals surface area contributed by atoms with Crippen molar-refractivity contribution in [1.82, 2.24) is 10.2 Å². The molecule has 2 aromatic carbocycles. The van der Waals surface area contributed by atoms with Crippen LogP contribution in [0.2, 0.25) is 5.02 Å². The molecule has 1 aromatic heterocycles. The predicted octanol–water partition coefficient (Wildman–Crippen LogP) is 5.75. The van der Waals surface area contributed by atoms with Crippen LogP contribution >= 0.6 is 46.5 Å². The van der Waals surface area contributed by atoms with Gasteiger partial charge in [0.2, 0.25) is 5.91 Å². The summed E-state index contributed by atoms with van der Waals surface area (Å²) in [5, 5.41) is 10.6. The normalized spacial score (nSPS) is 11.9. The Balaban J connectivity index is 1.51. The van der Waals surface area contributed by atoms with E-state index in [1.165, 1.54) is 41.3 Å². The number of nitrogens with zero attached hydrogens (tertiary/aromatic N) is 2. The van der Waals surface area contributed by atoms with Crippen LogP contribution < -0.4 is 10.1 Å². The van der Waals surface area contributed by atoms with Gasteiger partial charge in [0.15, 0.2) is 8.68 Å². The van der Waals surface area contributed by atoms with Crippen LogP contribution in [0.4, 0.5) is 10.1 Å². The minimum absolute atomic E-state index is 0.0363. The highest BCUT2D eigenvalue weighted by Crippen LogP contribution is 2.33. The molecule has 10 heteroatoms. The number of hydrogen-bond acceptors (Lipinski definition) is 7. The summed E-state index contributed by atoms with van der Waals surface area (Å²) in [6.07, 6.45) is 0. The molecule has 5 nitrogen and oxygen atoms in total. The first-order chi connectivity index (χ1) is 13.9. The molecule has 0 spiro atoms. The molecule has 0 aliphatic carbocycles. The van der Waals surface area contributed by atoms with E-state index in [0.29, 0.717) is 10.0 Å². The first-order valence-corrected chi connectivity index (χ1v) is 11.5. The fourth-order valence-corrected chi connectivity index (χ4v) is 5.49. The van der Waals surface area contributed by atoms with Crippen molar-refractivity contribution in [2.24, 2.45) is 0 Å². The second-order valence-corrected chi connectivity index (χ2v) is 10.0. The highest BCUT2D eigenvalue weighted by molar-refractivity contribution is 8.03. The molecule has 1 heterocycles. The zero-order chi connectivity index (χ0) is 20.8. The number of thioether (sulfide) groups is 2. The zero-order valence-corrected chi connectivity index (χ0v) is 18.7. The Bertz CT molecular complexity index is 985. The lowest BCUT2D eigenvalue weighted by molar-refractivity contribution is -0.115. The summed E-state index contributed by atoms with van der Waals surface area (Å²) in [6.45, 7) is 1.77. The van der Waals surface area contributed by atoms with E-state index in [1.54, 1.807) is 25.8 Å². The van der Waals surface area contributed by atoms with Gasteiger partial charge in [0, 0.05) is 11.4 Å². The molecule has 0 aliphatic rings. The molecular formula is C19H17ClFN3O2S3. The zero-order valence-electron chi connectivity index (χ0n) is 15.5. The number of methoxy groups -OCH3 is 1. The smallest absolute Gasteiger partial charge is 0.237 e. The lowest BCUT2D eigenvalue weighted by atomic mass is 10.2. The number of anilines is 1. The average molecular weight is 470 g/mol. The maximum Gasteiger partial charge on any atom is 0.237 e. The number of rotatable bonds is 8. The molecule has 0 saturated carbocycles. The number of carbonyl (C=O) groups is 1. The summed E-state index contributed by atoms with van der Waals surface area (Å²) in [4.78, 5) is 12.4. The summed E-state index contributed by atoms with van der Waals surface area (Å²) in [5.74, 6) is 0.842. The van der Waals surface area contributed by atoms with Gasteiger partial charge < -0.3 is 10.1 Å². The largest absolute Gasteiger partial charge is 0.497 e. The summed E-state index contributed by atoms with van der Waals surface area (Å²) in [7, 11) is 1.64. The van der Waals surface area contributed by atoms with E-state index in [9.17, 15) is 9.18 Å². The van der Waals surface area contributed by atoms with E-state index in [4.69, 9.17) is 16.3 Å². The minimum Gasteiger partial charge on any atom is -0.497 e. The van der Waals surface area contributed by atoms with Gasteiger partial charge in [-0.3, -0.25) is 4.79 Å². The van der Waals surface area contributed by atoms with Crippen LogP contribution in [0.1, 0.15) is 12.5 Å². The predicted molar refractivity (Wildman–Crippen MR) is 118 cm³/mol. The Labute approximate surface area is 185 Å². The molecule has 29 heavy (non-hydrogen) atoms. The Kier molecular flexibility index (Phi) is 7.77. The molecule has 1 unspecified atom stereocenters. The van der Waals surface area contributed by atoms with Gasteiger partial charge in [-0.15, -0.1) is 10.2 Å². The summed E-state index contributed by atoms with van der Waals surface area (Å²) < 4.78 is 19.9. The van der Waals surface area contributed by atoms with Crippen LogP contribution in [-0.2, 0) is 10.5 Å². The quantitative estimate of drug-likeness (QED) is 0.424. The molecule has 3 aromatic rings. The number of halogens is 2. The van der Waals surface area contributed by atoms with E-state index in [2.05, 4.69) is 15.5 Å². The number of benzene rings is 2. The highest BCUT2D eigenvalue weighted by Gasteiger charge is 2.18. The van der Waals surface area contributed by atoms with Gasteiger partial charge in [-0.1, -0.05) is 58.6 Å². The fraction of sp³-hybridized carbons (Fsp3) is 0.211. The van der Waals surface area contributed by atoms with Gasteiger partial charge in [0.25, 0.3) is 0 Å². The molecule has 0 radical (unpaired) electrons. The Morgan fingerprint density at radius 2 is 1.97 bits per heavy atom. The van der Waals surface area contributed by atoms with E-state index in [0.717, 1.165) is 21.4 Å². The van der Waals surface area contributed by atoms with Crippen molar-refractivity contribution in [1.29, 1.82) is 0 Å². The molecule has 3 rings (SSSR count). The number of amides is 1. The van der Waals surface area contributed by atoms with E-state index >= 15 is 0 Å². The number of nitrogens with one attached hydrogen (secondary N) is 1. The monoisotopic (exact) mass is 469 g/mol. The molecule has 0 bridgehead atoms. The molecule has 1 atom stereocenters. The summed E-state index contributed by atoms with van der Waals surface area (Å²) in [5.41, 5.74) is 1.60. The summed E-state index contributed by atoms with van der Waals surface area (Å²) in [6, 6.07) is 11.9. The Hall–Kier alpha value is -1.81. The fourth-order valence-electron chi connectivity index (χ4n) is 2.19. The number of ether oxygens (including phenoxy) is 1. The van der Waals surface area contributed by atoms with Crippen molar-refractivity contribution in [2.45, 2.75) is 26.6 Å². The van der Waals surface area contributed by atoms with Crippen LogP contribution in [0.3, 0.4) is 0 Å². The van der Waals surface area contributed by atoms with Crippen molar-refractivity contribution >= 4 is 58.1 Å². The maximum absolute atomic E-state index is 13.2. The van der Waals surface area contributed by atoms with Crippen molar-refractivity contribution < 1.29 is 13.9 Å². The lowest BCUT2D eigenvalue weighted by Gasteiger charge is -2.10. The van der Waals surface area contributed by atoms with Crippen molar-refractivity contribution in [2.75, 3.05) is 12.4 Å². The number of carbonyl (C=O) groups excluding carboxylic acids is 1. The topological polar surface area (TPSA) is 64.1 Å². The molecule has 1 N–H and O–H groups in total. The van der Waals surface area contributed by atoms with Crippen LogP contribution in [0.25, 0.3) is 0 Å². The van der Waals surface area contributed by atoms with Crippen LogP contribution in [0, 0.1) is 5.82 Å². The highest BCUT2D eigenvalue weighted by atomic mass is 35.5. The number of hydrogen-bond donors (Lipinski definition) is 1. The molecule has 0 saturated heterocycles. The Morgan fingerprint density at radius 1 is 1.24 bits per heavy atom. The molecule has 0 aliphatic heterocycles. The van der Waals surface area contributed by atoms with Gasteiger partial charge in [-0.2, -0.15) is 0 Å². The molecule has 1 amide bonds. The van der Waals surface area contributed by atoms with E-state index in [-0.39, 0.29) is 10.9 Å². The second kappa shape index (κ2) is 10.3. The van der Waals surface area contributed by atoms with Crippen LogP contribution in [0.5, 0.6) is 5.75 Å². The van der Waals surface area contributed by atoms with E-state index < -0.39 is 11.1 Å². The third kappa shape index (κ3) is 6.33. The second-order valence-electron chi connectivity index (χ2n) is 5.85. The number of aromatic nitrogens is 2. The first kappa shape index (κ1) is 21.9. The Morgan fingerprint density at radius 3 is 2.66 bits per heavy atom. The van der Waals surface area contributed by atoms with Gasteiger partial charge in [-0.25, -0.2) is 4.39 Å². The van der Waals surface area contributed by atoms with Crippen molar-refractivity contribution in [3.05, 3.63) is 58.9 Å². The standard InChI is InChI=1S/C19H17ClFN3O2S3/c1-11(17(25)22-13-5-8-16(21)15(20)9-13)28-19-24-23-18(29-19)27-10-12-3-6-14(26-2)7-4-12/h3-9,11H,10H2,1-2H3,(H,22,25). The van der Waals surface area contributed by atoms with Crippen LogP contribution in [0.15, 0.2) is 51.1 Å². The lowest BCUT2D eigenvalue weighted by Crippen LogP contribution is -2.22. The summed E-state index contributed by atoms with van der Waals surface area (Å²) >= 11 is 10.1. The minimum atomic E-state index is -0.527. The van der Waals surface area contributed by atoms with Gasteiger partial charge >= 0.3 is 0 Å². The van der Waals surface area contributed by atoms with Crippen LogP contribution in [-0.4, -0.2) is 28.5 Å². The molecular weight excluding hydrogens is 453 g/mol. The first-order valence-electron chi connectivity index (χ1n) is 8.46. The van der Waals surface area contributed by atoms with Crippen molar-refractivity contribution in [3.63, 3.8) is 0 Å². The average Bonchev–Trinajstić information content (AvgIpc) is 3.16. The van der Waals surface area contributed by atoms with Gasteiger partial charge in [-0.05, 0) is 42.8 Å². The molecule has 0 fully saturated rings. The van der Waals surface area contributed by atoms with Gasteiger partial charge in [0.05, 0.1) is 17.4 Å². The third-order valence-electron chi connectivity index (χ3n) is 3.74. The SMILES string of the molecule is COc1ccc(CSc2nnc(SC(C)C(=O)Nc3ccc(F)c(Cl)c3)s2)cc1. The van der Waals surface area contributed by atoms with Gasteiger partial charge in [0.1, 0.15) is 11.6 Å².